The fraction of sp³-hybridized carbons (Fsp3) is 0.333. The number of allylic oxidation sites excluding steroid dienone is 3. The van der Waals surface area contributed by atoms with Crippen LogP contribution >= 0.6 is 0 Å². The van der Waals surface area contributed by atoms with Crippen molar-refractivity contribution in [1.29, 1.82) is 0 Å². The standard InChI is InChI=1S/C6H7NO/c8-7-6-4-2-1-3-5-6/h2,4-5H,1,3H2. The van der Waals surface area contributed by atoms with Gasteiger partial charge in [-0.1, -0.05) is 12.2 Å². The van der Waals surface area contributed by atoms with E-state index in [-0.39, 0.29) is 0 Å². The number of nitrogens with zero attached hydrogens (tertiary/aromatic N) is 1. The summed E-state index contributed by atoms with van der Waals surface area (Å²) in [6.07, 6.45) is 7.54. The first kappa shape index (κ1) is 5.22. The normalized spacial score (nSPS) is 17.8. The van der Waals surface area contributed by atoms with Gasteiger partial charge in [-0.25, -0.2) is 0 Å². The van der Waals surface area contributed by atoms with E-state index >= 15 is 0 Å². The molecule has 0 radical (unpaired) electrons. The summed E-state index contributed by atoms with van der Waals surface area (Å²) in [5, 5.41) is 2.77. The molecule has 0 bridgehead atoms. The predicted molar refractivity (Wildman–Crippen MR) is 32.3 cm³/mol. The van der Waals surface area contributed by atoms with Gasteiger partial charge in [0.2, 0.25) is 0 Å². The second-order valence-corrected chi connectivity index (χ2v) is 1.70. The molecule has 0 unspecified atom stereocenters. The average Bonchev–Trinajstić information content (AvgIpc) is 1.90. The Morgan fingerprint density at radius 2 is 2.38 bits per heavy atom. The molecule has 0 aromatic rings. The highest BCUT2D eigenvalue weighted by molar-refractivity contribution is 5.20. The molecule has 2 nitrogen and oxygen atoms in total. The Balaban J connectivity index is 2.64. The summed E-state index contributed by atoms with van der Waals surface area (Å²) in [7, 11) is 0. The Kier molecular flexibility index (Phi) is 1.57. The maximum Gasteiger partial charge on any atom is 0.103 e. The Morgan fingerprint density at radius 1 is 1.50 bits per heavy atom. The van der Waals surface area contributed by atoms with Crippen molar-refractivity contribution in [3.05, 3.63) is 28.8 Å². The van der Waals surface area contributed by atoms with Crippen LogP contribution in [0.2, 0.25) is 0 Å². The minimum Gasteiger partial charge on any atom is -0.145 e. The van der Waals surface area contributed by atoms with Gasteiger partial charge in [-0.2, -0.15) is 0 Å². The van der Waals surface area contributed by atoms with Crippen LogP contribution in [0.15, 0.2) is 29.1 Å². The lowest BCUT2D eigenvalue weighted by Crippen LogP contribution is -1.77. The Morgan fingerprint density at radius 3 is 2.75 bits per heavy atom. The smallest absolute Gasteiger partial charge is 0.103 e. The maximum absolute atomic E-state index is 9.79. The third-order valence-corrected chi connectivity index (χ3v) is 1.08. The second-order valence-electron chi connectivity index (χ2n) is 1.70. The van der Waals surface area contributed by atoms with E-state index in [1.165, 1.54) is 0 Å². The van der Waals surface area contributed by atoms with Gasteiger partial charge in [0, 0.05) is 0 Å². The summed E-state index contributed by atoms with van der Waals surface area (Å²) >= 11 is 0. The van der Waals surface area contributed by atoms with E-state index < -0.39 is 0 Å². The van der Waals surface area contributed by atoms with Crippen molar-refractivity contribution in [2.75, 3.05) is 0 Å². The molecule has 0 aliphatic heterocycles. The van der Waals surface area contributed by atoms with Gasteiger partial charge in [-0.15, -0.1) is 4.91 Å². The molecule has 0 heterocycles. The molecule has 0 saturated heterocycles. The van der Waals surface area contributed by atoms with Crippen LogP contribution in [0.1, 0.15) is 12.8 Å². The van der Waals surface area contributed by atoms with Crippen LogP contribution in [0.3, 0.4) is 0 Å². The lowest BCUT2D eigenvalue weighted by molar-refractivity contribution is 1.01. The third-order valence-electron chi connectivity index (χ3n) is 1.08. The zero-order chi connectivity index (χ0) is 5.82. The second kappa shape index (κ2) is 2.40. The Bertz CT molecular complexity index is 147. The summed E-state index contributed by atoms with van der Waals surface area (Å²) in [5.74, 6) is 0. The number of nitroso groups, excluding NO2 is 1. The summed E-state index contributed by atoms with van der Waals surface area (Å²) in [6, 6.07) is 0. The predicted octanol–water partition coefficient (Wildman–Crippen LogP) is 1.99. The molecule has 1 rings (SSSR count). The van der Waals surface area contributed by atoms with Gasteiger partial charge in [0.25, 0.3) is 0 Å². The molecule has 0 saturated carbocycles. The summed E-state index contributed by atoms with van der Waals surface area (Å²) in [5.41, 5.74) is 0.566. The lowest BCUT2D eigenvalue weighted by Gasteiger charge is -1.94. The van der Waals surface area contributed by atoms with E-state index in [1.807, 2.05) is 12.2 Å². The van der Waals surface area contributed by atoms with Gasteiger partial charge in [-0.05, 0) is 24.1 Å². The van der Waals surface area contributed by atoms with E-state index in [2.05, 4.69) is 5.18 Å². The van der Waals surface area contributed by atoms with Crippen LogP contribution in [0.5, 0.6) is 0 Å². The first-order valence-corrected chi connectivity index (χ1v) is 2.63. The van der Waals surface area contributed by atoms with Gasteiger partial charge in [0.1, 0.15) is 5.70 Å². The van der Waals surface area contributed by atoms with Crippen LogP contribution in [0.25, 0.3) is 0 Å². The Hall–Kier alpha value is -0.920. The SMILES string of the molecule is O=NC1=CCCC=C1. The largest absolute Gasteiger partial charge is 0.145 e. The molecule has 0 aromatic heterocycles. The summed E-state index contributed by atoms with van der Waals surface area (Å²) in [6.45, 7) is 0. The molecule has 0 aromatic carbocycles. The van der Waals surface area contributed by atoms with Crippen molar-refractivity contribution in [3.63, 3.8) is 0 Å². The maximum atomic E-state index is 9.79. The van der Waals surface area contributed by atoms with Crippen molar-refractivity contribution in [3.8, 4) is 0 Å². The van der Waals surface area contributed by atoms with E-state index in [9.17, 15) is 4.91 Å². The van der Waals surface area contributed by atoms with Gasteiger partial charge in [-0.3, -0.25) is 0 Å². The van der Waals surface area contributed by atoms with Crippen molar-refractivity contribution < 1.29 is 0 Å². The van der Waals surface area contributed by atoms with Crippen molar-refractivity contribution in [1.82, 2.24) is 0 Å². The molecule has 0 atom stereocenters. The molecule has 0 amide bonds. The van der Waals surface area contributed by atoms with E-state index in [4.69, 9.17) is 0 Å². The van der Waals surface area contributed by atoms with Crippen LogP contribution < -0.4 is 0 Å². The van der Waals surface area contributed by atoms with Crippen LogP contribution in [0, 0.1) is 4.91 Å². The van der Waals surface area contributed by atoms with Gasteiger partial charge in [0.15, 0.2) is 0 Å². The quantitative estimate of drug-likeness (QED) is 0.473. The molecule has 8 heavy (non-hydrogen) atoms. The summed E-state index contributed by atoms with van der Waals surface area (Å²) < 4.78 is 0. The molecule has 1 aliphatic carbocycles. The molecule has 1 aliphatic rings. The highest BCUT2D eigenvalue weighted by Crippen LogP contribution is 2.08. The van der Waals surface area contributed by atoms with Crippen molar-refractivity contribution in [2.45, 2.75) is 12.8 Å². The fourth-order valence-electron chi connectivity index (χ4n) is 0.667. The van der Waals surface area contributed by atoms with Crippen molar-refractivity contribution >= 4 is 0 Å². The molecule has 0 N–H and O–H groups in total. The molecular formula is C6H7NO. The lowest BCUT2D eigenvalue weighted by atomic mass is 10.2. The zero-order valence-electron chi connectivity index (χ0n) is 4.50. The number of rotatable bonds is 1. The van der Waals surface area contributed by atoms with Crippen LogP contribution in [-0.2, 0) is 0 Å². The third kappa shape index (κ3) is 1.03. The van der Waals surface area contributed by atoms with E-state index in [0.29, 0.717) is 5.70 Å². The van der Waals surface area contributed by atoms with Crippen LogP contribution in [-0.4, -0.2) is 0 Å². The number of hydrogen-bond donors (Lipinski definition) is 0. The zero-order valence-corrected chi connectivity index (χ0v) is 4.50. The van der Waals surface area contributed by atoms with Gasteiger partial charge >= 0.3 is 0 Å². The minimum atomic E-state index is 0.566. The topological polar surface area (TPSA) is 29.4 Å². The highest BCUT2D eigenvalue weighted by Gasteiger charge is 1.92. The van der Waals surface area contributed by atoms with Crippen LogP contribution in [0.4, 0.5) is 0 Å². The molecule has 0 spiro atoms. The molecule has 42 valence electrons. The molecular weight excluding hydrogens is 102 g/mol. The Labute approximate surface area is 47.9 Å². The van der Waals surface area contributed by atoms with E-state index in [1.54, 1.807) is 6.08 Å². The van der Waals surface area contributed by atoms with Gasteiger partial charge < -0.3 is 0 Å². The number of hydrogen-bond acceptors (Lipinski definition) is 2. The highest BCUT2D eigenvalue weighted by atomic mass is 16.3. The minimum absolute atomic E-state index is 0.566. The first-order valence-electron chi connectivity index (χ1n) is 2.63. The summed E-state index contributed by atoms with van der Waals surface area (Å²) in [4.78, 5) is 9.79. The van der Waals surface area contributed by atoms with E-state index in [0.717, 1.165) is 12.8 Å². The van der Waals surface area contributed by atoms with Crippen molar-refractivity contribution in [2.24, 2.45) is 5.18 Å². The molecule has 0 fully saturated rings. The molecule has 2 heteroatoms. The fourth-order valence-corrected chi connectivity index (χ4v) is 0.667. The first-order chi connectivity index (χ1) is 3.93. The average molecular weight is 109 g/mol. The monoisotopic (exact) mass is 109 g/mol. The van der Waals surface area contributed by atoms with Gasteiger partial charge in [0.05, 0.1) is 0 Å².